The van der Waals surface area contributed by atoms with Crippen LogP contribution in [0.2, 0.25) is 0 Å². The molecule has 3 aromatic rings. The van der Waals surface area contributed by atoms with E-state index in [4.69, 9.17) is 5.26 Å². The minimum atomic E-state index is 0.606. The predicted octanol–water partition coefficient (Wildman–Crippen LogP) is 1.71. The second-order valence-electron chi connectivity index (χ2n) is 3.85. The summed E-state index contributed by atoms with van der Waals surface area (Å²) in [7, 11) is 0. The van der Waals surface area contributed by atoms with Crippen LogP contribution in [-0.2, 0) is 6.54 Å². The molecule has 3 rings (SSSR count). The number of benzene rings is 1. The number of fused-ring (bicyclic) bond motifs is 1. The fourth-order valence-corrected chi connectivity index (χ4v) is 2.02. The van der Waals surface area contributed by atoms with Crippen molar-refractivity contribution in [2.45, 2.75) is 13.5 Å². The first-order chi connectivity index (χ1) is 8.83. The molecule has 0 aliphatic carbocycles. The summed E-state index contributed by atoms with van der Waals surface area (Å²) in [5.74, 6) is 0.760. The van der Waals surface area contributed by atoms with E-state index >= 15 is 0 Å². The van der Waals surface area contributed by atoms with Gasteiger partial charge in [0.25, 0.3) is 0 Å². The topological polar surface area (TPSA) is 83.2 Å². The van der Waals surface area contributed by atoms with Crippen LogP contribution in [0.1, 0.15) is 12.5 Å². The Hall–Kier alpha value is -2.68. The highest BCUT2D eigenvalue weighted by molar-refractivity contribution is 5.81. The second kappa shape index (κ2) is 3.96. The molecule has 0 bridgehead atoms. The lowest BCUT2D eigenvalue weighted by atomic mass is 10.2. The van der Waals surface area contributed by atoms with Crippen molar-refractivity contribution in [3.05, 3.63) is 30.0 Å². The van der Waals surface area contributed by atoms with Crippen molar-refractivity contribution >= 4 is 11.0 Å². The molecule has 0 unspecified atom stereocenters. The van der Waals surface area contributed by atoms with Gasteiger partial charge in [-0.15, -0.1) is 0 Å². The molecule has 0 amide bonds. The summed E-state index contributed by atoms with van der Waals surface area (Å²) >= 11 is 0. The number of aryl methyl sites for hydroxylation is 1. The zero-order valence-electron chi connectivity index (χ0n) is 9.75. The van der Waals surface area contributed by atoms with Crippen LogP contribution in [0.3, 0.4) is 0 Å². The van der Waals surface area contributed by atoms with E-state index in [1.807, 2.05) is 17.6 Å². The Bertz CT molecular complexity index is 732. The standard InChI is InChI=1S/C12H10N6/c1-2-18-11-4-3-8(6-13)5-9(11)15-12(18)10-7-14-17-16-10/h3-5,7H,2H2,1H3,(H,14,16,17). The molecule has 1 N–H and O–H groups in total. The molecule has 0 radical (unpaired) electrons. The molecule has 0 aliphatic heterocycles. The number of nitrogens with one attached hydrogen (secondary N) is 1. The first-order valence-corrected chi connectivity index (χ1v) is 5.60. The van der Waals surface area contributed by atoms with Crippen LogP contribution in [0.4, 0.5) is 0 Å². The SMILES string of the molecule is CCn1c(-c2cn[nH]n2)nc2cc(C#N)ccc21. The van der Waals surface area contributed by atoms with Crippen molar-refractivity contribution < 1.29 is 0 Å². The lowest BCUT2D eigenvalue weighted by molar-refractivity contribution is 0.792. The van der Waals surface area contributed by atoms with Gasteiger partial charge in [-0.3, -0.25) is 0 Å². The van der Waals surface area contributed by atoms with E-state index in [1.165, 1.54) is 0 Å². The van der Waals surface area contributed by atoms with E-state index < -0.39 is 0 Å². The minimum absolute atomic E-state index is 0.606. The van der Waals surface area contributed by atoms with Gasteiger partial charge >= 0.3 is 0 Å². The number of nitrogens with zero attached hydrogens (tertiary/aromatic N) is 5. The highest BCUT2D eigenvalue weighted by atomic mass is 15.3. The van der Waals surface area contributed by atoms with Crippen molar-refractivity contribution in [1.29, 1.82) is 5.26 Å². The first-order valence-electron chi connectivity index (χ1n) is 5.60. The van der Waals surface area contributed by atoms with Crippen molar-refractivity contribution in [2.75, 3.05) is 0 Å². The van der Waals surface area contributed by atoms with Crippen molar-refractivity contribution in [2.24, 2.45) is 0 Å². The Morgan fingerprint density at radius 2 is 2.33 bits per heavy atom. The maximum Gasteiger partial charge on any atom is 0.163 e. The van der Waals surface area contributed by atoms with Crippen LogP contribution >= 0.6 is 0 Å². The van der Waals surface area contributed by atoms with Gasteiger partial charge in [0.15, 0.2) is 5.82 Å². The lowest BCUT2D eigenvalue weighted by Crippen LogP contribution is -1.97. The normalized spacial score (nSPS) is 10.7. The average Bonchev–Trinajstić information content (AvgIpc) is 3.04. The number of aromatic amines is 1. The maximum absolute atomic E-state index is 8.90. The second-order valence-corrected chi connectivity index (χ2v) is 3.85. The molecule has 0 saturated carbocycles. The van der Waals surface area contributed by atoms with Gasteiger partial charge in [0, 0.05) is 6.54 Å². The quantitative estimate of drug-likeness (QED) is 0.736. The van der Waals surface area contributed by atoms with Gasteiger partial charge in [-0.1, -0.05) is 0 Å². The van der Waals surface area contributed by atoms with Gasteiger partial charge in [-0.05, 0) is 25.1 Å². The average molecular weight is 238 g/mol. The molecule has 2 aromatic heterocycles. The first kappa shape index (κ1) is 10.5. The summed E-state index contributed by atoms with van der Waals surface area (Å²) in [5, 5.41) is 19.3. The highest BCUT2D eigenvalue weighted by Gasteiger charge is 2.13. The molecule has 2 heterocycles. The van der Waals surface area contributed by atoms with Crippen molar-refractivity contribution in [1.82, 2.24) is 25.0 Å². The maximum atomic E-state index is 8.90. The summed E-state index contributed by atoms with van der Waals surface area (Å²) in [6.07, 6.45) is 1.64. The fraction of sp³-hybridized carbons (Fsp3) is 0.167. The molecule has 0 atom stereocenters. The predicted molar refractivity (Wildman–Crippen MR) is 65.5 cm³/mol. The van der Waals surface area contributed by atoms with Gasteiger partial charge in [-0.2, -0.15) is 20.7 Å². The van der Waals surface area contributed by atoms with E-state index in [1.54, 1.807) is 18.3 Å². The van der Waals surface area contributed by atoms with Crippen molar-refractivity contribution in [3.8, 4) is 17.6 Å². The Morgan fingerprint density at radius 3 is 3.00 bits per heavy atom. The molecule has 6 heteroatoms. The smallest absolute Gasteiger partial charge is 0.163 e. The number of H-pyrrole nitrogens is 1. The fourth-order valence-electron chi connectivity index (χ4n) is 2.02. The molecule has 1 aromatic carbocycles. The van der Waals surface area contributed by atoms with Gasteiger partial charge < -0.3 is 4.57 Å². The Balaban J connectivity index is 2.30. The summed E-state index contributed by atoms with van der Waals surface area (Å²) < 4.78 is 2.05. The van der Waals surface area contributed by atoms with E-state index in [0.29, 0.717) is 11.3 Å². The van der Waals surface area contributed by atoms with E-state index in [9.17, 15) is 0 Å². The van der Waals surface area contributed by atoms with Crippen molar-refractivity contribution in [3.63, 3.8) is 0 Å². The number of imidazole rings is 1. The summed E-state index contributed by atoms with van der Waals surface area (Å²) in [6.45, 7) is 2.83. The highest BCUT2D eigenvalue weighted by Crippen LogP contribution is 2.23. The van der Waals surface area contributed by atoms with Crippen LogP contribution < -0.4 is 0 Å². The summed E-state index contributed by atoms with van der Waals surface area (Å²) in [4.78, 5) is 4.52. The summed E-state index contributed by atoms with van der Waals surface area (Å²) in [6, 6.07) is 7.61. The minimum Gasteiger partial charge on any atom is -0.323 e. The van der Waals surface area contributed by atoms with Crippen LogP contribution in [0, 0.1) is 11.3 Å². The van der Waals surface area contributed by atoms with E-state index in [0.717, 1.165) is 23.4 Å². The monoisotopic (exact) mass is 238 g/mol. The Morgan fingerprint density at radius 1 is 1.44 bits per heavy atom. The molecular weight excluding hydrogens is 228 g/mol. The largest absolute Gasteiger partial charge is 0.323 e. The number of aromatic nitrogens is 5. The zero-order valence-corrected chi connectivity index (χ0v) is 9.75. The Labute approximate surface area is 103 Å². The molecule has 88 valence electrons. The molecule has 0 saturated heterocycles. The Kier molecular flexibility index (Phi) is 2.31. The number of nitriles is 1. The third-order valence-corrected chi connectivity index (χ3v) is 2.84. The van der Waals surface area contributed by atoms with Gasteiger partial charge in [-0.25, -0.2) is 4.98 Å². The van der Waals surface area contributed by atoms with E-state index in [2.05, 4.69) is 26.5 Å². The van der Waals surface area contributed by atoms with Crippen LogP contribution in [-0.4, -0.2) is 25.0 Å². The number of hydrogen-bond donors (Lipinski definition) is 1. The van der Waals surface area contributed by atoms with Gasteiger partial charge in [0.05, 0.1) is 28.9 Å². The third kappa shape index (κ3) is 1.45. The third-order valence-electron chi connectivity index (χ3n) is 2.84. The molecule has 18 heavy (non-hydrogen) atoms. The molecule has 0 fully saturated rings. The number of hydrogen-bond acceptors (Lipinski definition) is 4. The van der Waals surface area contributed by atoms with Gasteiger partial charge in [0.1, 0.15) is 5.69 Å². The number of rotatable bonds is 2. The van der Waals surface area contributed by atoms with Crippen LogP contribution in [0.15, 0.2) is 24.4 Å². The van der Waals surface area contributed by atoms with Gasteiger partial charge in [0.2, 0.25) is 0 Å². The zero-order chi connectivity index (χ0) is 12.5. The summed E-state index contributed by atoms with van der Waals surface area (Å²) in [5.41, 5.74) is 3.10. The van der Waals surface area contributed by atoms with Crippen LogP contribution in [0.25, 0.3) is 22.6 Å². The molecule has 0 aliphatic rings. The molecular formula is C12H10N6. The molecule has 6 nitrogen and oxygen atoms in total. The van der Waals surface area contributed by atoms with Crippen LogP contribution in [0.5, 0.6) is 0 Å². The van der Waals surface area contributed by atoms with E-state index in [-0.39, 0.29) is 0 Å². The molecule has 0 spiro atoms. The lowest BCUT2D eigenvalue weighted by Gasteiger charge is -2.02.